The lowest BCUT2D eigenvalue weighted by atomic mass is 10.0. The molecule has 32 heavy (non-hydrogen) atoms. The molecule has 0 radical (unpaired) electrons. The van der Waals surface area contributed by atoms with Gasteiger partial charge in [-0.15, -0.1) is 0 Å². The number of carboxylic acid groups (broad SMARTS) is 1. The highest BCUT2D eigenvalue weighted by Crippen LogP contribution is 2.30. The molecule has 0 spiro atoms. The van der Waals surface area contributed by atoms with Gasteiger partial charge in [-0.3, -0.25) is 4.79 Å². The van der Waals surface area contributed by atoms with Gasteiger partial charge in [0.05, 0.1) is 17.0 Å². The first-order valence-corrected chi connectivity index (χ1v) is 10.0. The molecule has 7 nitrogen and oxygen atoms in total. The fourth-order valence-electron chi connectivity index (χ4n) is 3.29. The molecule has 2 aromatic heterocycles. The number of nitrogens with one attached hydrogen (secondary N) is 1. The standard InChI is InChI=1S/C25H21N3O4/c1-15-11-20(24(29)26-14-15)12-18-4-5-19(25(30)31)13-23(18)32-21-8-6-17(7-9-21)22-10-3-16(2)27-28-22/h3-11,13-14H,12H2,1-2H3,(H,26,29)(H,30,31). The van der Waals surface area contributed by atoms with Crippen molar-refractivity contribution >= 4 is 5.97 Å². The smallest absolute Gasteiger partial charge is 0.335 e. The second-order valence-electron chi connectivity index (χ2n) is 7.52. The van der Waals surface area contributed by atoms with Gasteiger partial charge in [-0.2, -0.15) is 10.2 Å². The third kappa shape index (κ3) is 4.73. The number of carboxylic acids is 1. The second-order valence-corrected chi connectivity index (χ2v) is 7.52. The van der Waals surface area contributed by atoms with Gasteiger partial charge in [-0.05, 0) is 79.6 Å². The van der Waals surface area contributed by atoms with Gasteiger partial charge in [-0.1, -0.05) is 6.07 Å². The lowest BCUT2D eigenvalue weighted by Crippen LogP contribution is -2.13. The number of carbonyl (C=O) groups is 1. The molecule has 2 heterocycles. The van der Waals surface area contributed by atoms with Crippen molar-refractivity contribution in [1.82, 2.24) is 15.2 Å². The number of rotatable bonds is 6. The number of aromatic amines is 1. The predicted molar refractivity (Wildman–Crippen MR) is 120 cm³/mol. The zero-order chi connectivity index (χ0) is 22.7. The van der Waals surface area contributed by atoms with Crippen LogP contribution in [0.1, 0.15) is 32.7 Å². The van der Waals surface area contributed by atoms with Crippen LogP contribution in [0.5, 0.6) is 11.5 Å². The molecule has 0 unspecified atom stereocenters. The Labute approximate surface area is 184 Å². The summed E-state index contributed by atoms with van der Waals surface area (Å²) in [5.74, 6) is -0.132. The van der Waals surface area contributed by atoms with Gasteiger partial charge in [0.25, 0.3) is 5.56 Å². The fourth-order valence-corrected chi connectivity index (χ4v) is 3.29. The van der Waals surface area contributed by atoms with Crippen molar-refractivity contribution in [3.05, 3.63) is 105 Å². The minimum Gasteiger partial charge on any atom is -0.478 e. The van der Waals surface area contributed by atoms with Gasteiger partial charge >= 0.3 is 5.97 Å². The molecule has 0 saturated carbocycles. The lowest BCUT2D eigenvalue weighted by Gasteiger charge is -2.13. The number of pyridine rings is 1. The zero-order valence-electron chi connectivity index (χ0n) is 17.6. The monoisotopic (exact) mass is 427 g/mol. The first-order chi connectivity index (χ1) is 15.4. The second kappa shape index (κ2) is 8.85. The molecular weight excluding hydrogens is 406 g/mol. The van der Waals surface area contributed by atoms with E-state index in [0.717, 1.165) is 22.5 Å². The van der Waals surface area contributed by atoms with E-state index in [1.807, 2.05) is 44.2 Å². The van der Waals surface area contributed by atoms with Gasteiger partial charge in [0.15, 0.2) is 0 Å². The molecule has 4 aromatic rings. The number of ether oxygens (including phenoxy) is 1. The highest BCUT2D eigenvalue weighted by Gasteiger charge is 2.13. The zero-order valence-corrected chi connectivity index (χ0v) is 17.6. The van der Waals surface area contributed by atoms with Gasteiger partial charge in [-0.25, -0.2) is 4.79 Å². The maximum atomic E-state index is 12.2. The maximum absolute atomic E-state index is 12.2. The molecule has 0 aliphatic carbocycles. The molecule has 0 bridgehead atoms. The van der Waals surface area contributed by atoms with Gasteiger partial charge < -0.3 is 14.8 Å². The highest BCUT2D eigenvalue weighted by molar-refractivity contribution is 5.88. The Bertz CT molecular complexity index is 1330. The topological polar surface area (TPSA) is 105 Å². The minimum atomic E-state index is -1.05. The van der Waals surface area contributed by atoms with E-state index < -0.39 is 5.97 Å². The maximum Gasteiger partial charge on any atom is 0.335 e. The Morgan fingerprint density at radius 2 is 1.75 bits per heavy atom. The van der Waals surface area contributed by atoms with E-state index in [4.69, 9.17) is 4.74 Å². The summed E-state index contributed by atoms with van der Waals surface area (Å²) >= 11 is 0. The summed E-state index contributed by atoms with van der Waals surface area (Å²) in [5.41, 5.74) is 4.60. The average Bonchev–Trinajstić information content (AvgIpc) is 2.78. The molecule has 0 saturated heterocycles. The number of aryl methyl sites for hydroxylation is 2. The molecule has 0 fully saturated rings. The van der Waals surface area contributed by atoms with Crippen molar-refractivity contribution in [3.63, 3.8) is 0 Å². The van der Waals surface area contributed by atoms with Crippen LogP contribution in [-0.4, -0.2) is 26.3 Å². The van der Waals surface area contributed by atoms with Gasteiger partial charge in [0.1, 0.15) is 11.5 Å². The highest BCUT2D eigenvalue weighted by atomic mass is 16.5. The number of aromatic carboxylic acids is 1. The molecule has 0 aliphatic heterocycles. The van der Waals surface area contributed by atoms with Crippen LogP contribution in [0.15, 0.2) is 71.7 Å². The molecular formula is C25H21N3O4. The number of H-pyrrole nitrogens is 1. The molecule has 0 atom stereocenters. The lowest BCUT2D eigenvalue weighted by molar-refractivity contribution is 0.0696. The van der Waals surface area contributed by atoms with E-state index in [-0.39, 0.29) is 11.1 Å². The summed E-state index contributed by atoms with van der Waals surface area (Å²) in [5, 5.41) is 17.6. The average molecular weight is 427 g/mol. The Kier molecular flexibility index (Phi) is 5.81. The molecule has 0 aliphatic rings. The summed E-state index contributed by atoms with van der Waals surface area (Å²) in [6.45, 7) is 3.77. The van der Waals surface area contributed by atoms with Crippen molar-refractivity contribution in [1.29, 1.82) is 0 Å². The Balaban J connectivity index is 1.65. The van der Waals surface area contributed by atoms with Gasteiger partial charge in [0.2, 0.25) is 0 Å². The first kappa shape index (κ1) is 21.0. The largest absolute Gasteiger partial charge is 0.478 e. The molecule has 0 amide bonds. The van der Waals surface area contributed by atoms with Crippen molar-refractivity contribution in [3.8, 4) is 22.8 Å². The van der Waals surface area contributed by atoms with Crippen LogP contribution in [0.2, 0.25) is 0 Å². The van der Waals surface area contributed by atoms with Crippen LogP contribution in [0.4, 0.5) is 0 Å². The van der Waals surface area contributed by atoms with Crippen LogP contribution in [0, 0.1) is 13.8 Å². The Morgan fingerprint density at radius 3 is 2.44 bits per heavy atom. The number of nitrogens with zero attached hydrogens (tertiary/aromatic N) is 2. The van der Waals surface area contributed by atoms with Crippen molar-refractivity contribution in [2.24, 2.45) is 0 Å². The summed E-state index contributed by atoms with van der Waals surface area (Å²) in [6.07, 6.45) is 1.96. The molecule has 160 valence electrons. The van der Waals surface area contributed by atoms with Crippen LogP contribution in [0.25, 0.3) is 11.3 Å². The number of hydrogen-bond donors (Lipinski definition) is 2. The Morgan fingerprint density at radius 1 is 0.969 bits per heavy atom. The van der Waals surface area contributed by atoms with E-state index in [2.05, 4.69) is 15.2 Å². The van der Waals surface area contributed by atoms with Crippen LogP contribution >= 0.6 is 0 Å². The van der Waals surface area contributed by atoms with Crippen molar-refractivity contribution in [2.75, 3.05) is 0 Å². The summed E-state index contributed by atoms with van der Waals surface area (Å²) < 4.78 is 6.04. The first-order valence-electron chi connectivity index (χ1n) is 10.0. The summed E-state index contributed by atoms with van der Waals surface area (Å²) in [6, 6.07) is 17.6. The third-order valence-electron chi connectivity index (χ3n) is 5.00. The van der Waals surface area contributed by atoms with E-state index in [9.17, 15) is 14.7 Å². The number of aromatic nitrogens is 3. The van der Waals surface area contributed by atoms with E-state index in [1.54, 1.807) is 24.4 Å². The van der Waals surface area contributed by atoms with Crippen LogP contribution in [-0.2, 0) is 6.42 Å². The van der Waals surface area contributed by atoms with Crippen LogP contribution in [0.3, 0.4) is 0 Å². The minimum absolute atomic E-state index is 0.105. The molecule has 7 heteroatoms. The third-order valence-corrected chi connectivity index (χ3v) is 5.00. The quantitative estimate of drug-likeness (QED) is 0.468. The SMILES string of the molecule is Cc1c[nH]c(=O)c(Cc2ccc(C(=O)O)cc2Oc2ccc(-c3ccc(C)nn3)cc2)c1. The van der Waals surface area contributed by atoms with Crippen LogP contribution < -0.4 is 10.3 Å². The van der Waals surface area contributed by atoms with E-state index >= 15 is 0 Å². The number of hydrogen-bond acceptors (Lipinski definition) is 5. The predicted octanol–water partition coefficient (Wildman–Crippen LogP) is 4.53. The van der Waals surface area contributed by atoms with Gasteiger partial charge in [0, 0.05) is 23.7 Å². The molecule has 2 N–H and O–H groups in total. The van der Waals surface area contributed by atoms with Crippen molar-refractivity contribution in [2.45, 2.75) is 20.3 Å². The summed E-state index contributed by atoms with van der Waals surface area (Å²) in [4.78, 5) is 26.4. The number of benzene rings is 2. The van der Waals surface area contributed by atoms with E-state index in [0.29, 0.717) is 29.0 Å². The fraction of sp³-hybridized carbons (Fsp3) is 0.120. The summed E-state index contributed by atoms with van der Waals surface area (Å²) in [7, 11) is 0. The van der Waals surface area contributed by atoms with E-state index in [1.165, 1.54) is 12.1 Å². The van der Waals surface area contributed by atoms with Crippen molar-refractivity contribution < 1.29 is 14.6 Å². The normalized spacial score (nSPS) is 10.7. The Hall–Kier alpha value is -4.26. The molecule has 2 aromatic carbocycles. The molecule has 4 rings (SSSR count).